The van der Waals surface area contributed by atoms with Crippen LogP contribution in [-0.4, -0.2) is 271 Å². The van der Waals surface area contributed by atoms with E-state index in [0.29, 0.717) is 73.9 Å². The molecule has 584 valence electrons. The lowest BCUT2D eigenvalue weighted by Gasteiger charge is -2.28. The van der Waals surface area contributed by atoms with Crippen LogP contribution in [0.2, 0.25) is 0 Å². The molecule has 40 nitrogen and oxygen atoms in total. The number of hydrogen-bond donors (Lipinski definition) is 14. The van der Waals surface area contributed by atoms with Crippen molar-refractivity contribution in [1.29, 1.82) is 5.26 Å². The van der Waals surface area contributed by atoms with E-state index < -0.39 is 153 Å². The van der Waals surface area contributed by atoms with Crippen LogP contribution in [-0.2, 0) is 23.7 Å². The Labute approximate surface area is 612 Å². The van der Waals surface area contributed by atoms with Gasteiger partial charge in [-0.1, -0.05) is 18.9 Å². The molecule has 5 aliphatic heterocycles. The molecule has 0 saturated carbocycles. The van der Waals surface area contributed by atoms with Crippen LogP contribution < -0.4 is 22.9 Å². The van der Waals surface area contributed by atoms with Gasteiger partial charge < -0.3 is 97.7 Å². The number of terminal acetylenes is 1. The third kappa shape index (κ3) is 13.6. The first-order chi connectivity index (χ1) is 51.6. The number of halogens is 5. The third-order valence-corrected chi connectivity index (χ3v) is 19.4. The molecule has 0 bridgehead atoms. The SMILES string of the molecule is C#C[C@]1(CO)O[C@@H](c2cnc3c(C)nc(N)nn23)[C@H](F)[C@@H]1O.C=C[C@]1(CO)O[C@@H](c2cnc3c(C)nc(N)nn23)[C@H](F)[C@@H]1O.CC[C@]1(CO)O[C@@H](c2cnc3c(C)nc(N)nn23)[C@H](F)[C@@H]1O.Cc1nc(C)c2ncc([C@@H]3O[C@](C)(CO)[C@@H](O)[C@H]3F)n2n1.Cc1nc(N)nn2c([C@@H]3O[C@](C#N)(CO)[C@@H](O)[C@H]3F)cnc12. The first kappa shape index (κ1) is 79.8. The first-order valence-electron chi connectivity index (χ1n) is 33.3. The number of aliphatic hydroxyl groups is 10. The number of nitriles is 1. The molecule has 15 rings (SSSR count). The number of hydrogen-bond acceptors (Lipinski definition) is 35. The van der Waals surface area contributed by atoms with E-state index in [-0.39, 0.29) is 47.3 Å². The van der Waals surface area contributed by atoms with Crippen LogP contribution in [0.25, 0.3) is 28.2 Å². The number of alkyl halides is 5. The lowest BCUT2D eigenvalue weighted by atomic mass is 9.93. The first-order valence-corrected chi connectivity index (χ1v) is 33.3. The van der Waals surface area contributed by atoms with Gasteiger partial charge in [-0.15, -0.1) is 33.4 Å². The largest absolute Gasteiger partial charge is 0.393 e. The highest BCUT2D eigenvalue weighted by molar-refractivity contribution is 5.50. The van der Waals surface area contributed by atoms with Crippen LogP contribution in [0, 0.1) is 65.2 Å². The van der Waals surface area contributed by atoms with Crippen molar-refractivity contribution in [2.75, 3.05) is 56.0 Å². The van der Waals surface area contributed by atoms with Crippen molar-refractivity contribution in [2.45, 2.75) is 182 Å². The Morgan fingerprint density at radius 3 is 1.07 bits per heavy atom. The molecule has 5 aliphatic rings. The summed E-state index contributed by atoms with van der Waals surface area (Å²) < 4.78 is 106. The van der Waals surface area contributed by atoms with Crippen LogP contribution in [0.1, 0.15) is 114 Å². The number of aryl methyl sites for hydroxylation is 6. The molecule has 0 radical (unpaired) electrons. The van der Waals surface area contributed by atoms with E-state index >= 15 is 0 Å². The van der Waals surface area contributed by atoms with Gasteiger partial charge in [0.2, 0.25) is 29.4 Å². The van der Waals surface area contributed by atoms with Gasteiger partial charge >= 0.3 is 0 Å². The van der Waals surface area contributed by atoms with Gasteiger partial charge in [-0.2, -0.15) is 10.4 Å². The summed E-state index contributed by atoms with van der Waals surface area (Å²) in [6.45, 7) is 13.8. The lowest BCUT2D eigenvalue weighted by molar-refractivity contribution is -0.115. The van der Waals surface area contributed by atoms with Gasteiger partial charge in [0.25, 0.3) is 0 Å². The van der Waals surface area contributed by atoms with Crippen LogP contribution >= 0.6 is 0 Å². The van der Waals surface area contributed by atoms with E-state index in [2.05, 4.69) is 87.8 Å². The van der Waals surface area contributed by atoms with Crippen LogP contribution in [0.4, 0.5) is 45.7 Å². The minimum absolute atomic E-state index is 0.00958. The highest BCUT2D eigenvalue weighted by Gasteiger charge is 2.60. The number of nitrogens with two attached hydrogens (primary N) is 4. The summed E-state index contributed by atoms with van der Waals surface area (Å²) in [5.41, 5.74) is 20.6. The highest BCUT2D eigenvalue weighted by Crippen LogP contribution is 2.47. The normalized spacial score (nSPS) is 31.9. The Kier molecular flexibility index (Phi) is 22.2. The summed E-state index contributed by atoms with van der Waals surface area (Å²) >= 11 is 0. The van der Waals surface area contributed by atoms with E-state index in [0.717, 1.165) is 0 Å². The van der Waals surface area contributed by atoms with E-state index in [9.17, 15) is 73.0 Å². The molecule has 109 heavy (non-hydrogen) atoms. The zero-order valence-corrected chi connectivity index (χ0v) is 59.3. The summed E-state index contributed by atoms with van der Waals surface area (Å²) in [6.07, 6.45) is -8.95. The fourth-order valence-corrected chi connectivity index (χ4v) is 13.2. The number of anilines is 4. The number of nitrogens with zero attached hydrogens (tertiary/aromatic N) is 21. The van der Waals surface area contributed by atoms with Crippen LogP contribution in [0.5, 0.6) is 0 Å². The lowest BCUT2D eigenvalue weighted by Crippen LogP contribution is -2.44. The maximum atomic E-state index is 14.5. The standard InChI is InChI=1S/C13H18FN5O3.C13H16FN5O3.C13H14FN5O3.C13H17FN4O3.C12H13FN6O3/c3*1-3-13(5-20)10(21)8(14)9(22-13)7-4-16-11-6(2)17-12(15)18-19(7)11;1-6-12-15-4-8(18(12)17-7(2)16-6)10-9(14)11(20)13(3,5-19)21-10;1-5-10-16-2-6(19(10)18-11(15)17-5)8-7(13)9(21)12(3-14,4-20)22-8/h4,8-10,20-21H,3,5H2,1-2H3,(H2,15,18);3-4,8-10,20-21H,1,5H2,2H3,(H2,15,18);1,4,8-10,20-21H,5H2,2H3,(H2,15,18);4,9-11,19-20H,5H2,1-3H3;2,7-9,20-21H,4H2,1H3,(H2,15,18)/t3*8-,9-,10-,13+;9-,10-,11-,13+;7-,8-,9-,12+/m00000/s1. The maximum absolute atomic E-state index is 14.5. The number of rotatable bonds is 12. The van der Waals surface area contributed by atoms with Crippen molar-refractivity contribution >= 4 is 52.0 Å². The molecule has 0 spiro atoms. The van der Waals surface area contributed by atoms with Gasteiger partial charge in [-0.05, 0) is 54.9 Å². The summed E-state index contributed by atoms with van der Waals surface area (Å²) in [6, 6.07) is 1.62. The minimum atomic E-state index is -2.03. The molecule has 0 unspecified atom stereocenters. The highest BCUT2D eigenvalue weighted by atomic mass is 19.2. The average molecular weight is 1530 g/mol. The molecule has 0 aromatic carbocycles. The van der Waals surface area contributed by atoms with Gasteiger partial charge in [0.1, 0.15) is 89.7 Å². The number of nitrogen functional groups attached to an aromatic ring is 4. The zero-order chi connectivity index (χ0) is 79.6. The van der Waals surface area contributed by atoms with Crippen molar-refractivity contribution in [1.82, 2.24) is 97.9 Å². The molecule has 10 aromatic heterocycles. The summed E-state index contributed by atoms with van der Waals surface area (Å²) in [5, 5.41) is 126. The number of imidazole rings is 5. The number of fused-ring (bicyclic) bond motifs is 5. The number of ether oxygens (including phenoxy) is 5. The van der Waals surface area contributed by atoms with Crippen molar-refractivity contribution in [3.63, 3.8) is 0 Å². The molecule has 5 fully saturated rings. The second-order valence-electron chi connectivity index (χ2n) is 26.4. The van der Waals surface area contributed by atoms with E-state index in [1.165, 1.54) is 66.6 Å². The van der Waals surface area contributed by atoms with Crippen LogP contribution in [0.15, 0.2) is 43.6 Å². The second-order valence-corrected chi connectivity index (χ2v) is 26.4. The number of aliphatic hydroxyl groups excluding tert-OH is 10. The predicted octanol–water partition coefficient (Wildman–Crippen LogP) is -1.92. The number of aromatic nitrogens is 20. The zero-order valence-electron chi connectivity index (χ0n) is 59.3. The minimum Gasteiger partial charge on any atom is -0.393 e. The molecule has 45 heteroatoms. The molecular formula is C64H78F5N25O15. The van der Waals surface area contributed by atoms with E-state index in [1.54, 1.807) is 54.5 Å². The van der Waals surface area contributed by atoms with Gasteiger partial charge in [0, 0.05) is 0 Å². The Morgan fingerprint density at radius 2 is 0.780 bits per heavy atom. The maximum Gasteiger partial charge on any atom is 0.238 e. The molecule has 5 saturated heterocycles. The van der Waals surface area contributed by atoms with E-state index in [4.69, 9.17) is 58.3 Å². The summed E-state index contributed by atoms with van der Waals surface area (Å²) in [5.74, 6) is 2.64. The van der Waals surface area contributed by atoms with Gasteiger partial charge in [-0.25, -0.2) is 94.4 Å². The Morgan fingerprint density at radius 1 is 0.459 bits per heavy atom. The molecule has 0 aliphatic carbocycles. The molecule has 18 N–H and O–H groups in total. The average Bonchev–Trinajstić information content (AvgIpc) is 1.62. The smallest absolute Gasteiger partial charge is 0.238 e. The van der Waals surface area contributed by atoms with Crippen LogP contribution in [0.3, 0.4) is 0 Å². The third-order valence-electron chi connectivity index (χ3n) is 19.4. The van der Waals surface area contributed by atoms with Crippen molar-refractivity contribution in [3.05, 3.63) is 106 Å². The Bertz CT molecular complexity index is 4990. The van der Waals surface area contributed by atoms with Gasteiger partial charge in [0.15, 0.2) is 64.7 Å². The topological polar surface area (TPSA) is 592 Å². The monoisotopic (exact) mass is 1530 g/mol. The Hall–Kier alpha value is -10.2. The van der Waals surface area contributed by atoms with E-state index in [1.807, 2.05) is 0 Å². The summed E-state index contributed by atoms with van der Waals surface area (Å²) in [7, 11) is 0. The predicted molar refractivity (Wildman–Crippen MR) is 363 cm³/mol. The quantitative estimate of drug-likeness (QED) is 0.0360. The second kappa shape index (κ2) is 30.3. The van der Waals surface area contributed by atoms with Crippen molar-refractivity contribution in [3.8, 4) is 18.4 Å². The van der Waals surface area contributed by atoms with Gasteiger partial charge in [0.05, 0.1) is 121 Å². The molecule has 10 aromatic rings. The van der Waals surface area contributed by atoms with Gasteiger partial charge in [-0.3, -0.25) is 0 Å². The molecule has 0 amide bonds. The fraction of sp³-hybridized carbons (Fsp3) is 0.531. The van der Waals surface area contributed by atoms with Crippen molar-refractivity contribution < 1.29 is 96.7 Å². The Balaban J connectivity index is 0.000000135. The fourth-order valence-electron chi connectivity index (χ4n) is 13.2. The molecule has 20 atom stereocenters. The van der Waals surface area contributed by atoms with Crippen molar-refractivity contribution in [2.24, 2.45) is 0 Å². The summed E-state index contributed by atoms with van der Waals surface area (Å²) in [4.78, 5) is 40.7. The molecular weight excluding hydrogens is 1450 g/mol. The molecule has 15 heterocycles.